The average Bonchev–Trinajstić information content (AvgIpc) is 2.79. The zero-order chi connectivity index (χ0) is 14.8. The molecule has 1 aliphatic heterocycles. The van der Waals surface area contributed by atoms with Crippen LogP contribution in [-0.2, 0) is 13.0 Å². The monoisotopic (exact) mass is 330 g/mol. The summed E-state index contributed by atoms with van der Waals surface area (Å²) in [6, 6.07) is 2.26. The van der Waals surface area contributed by atoms with Crippen molar-refractivity contribution in [2.75, 3.05) is 11.6 Å². The van der Waals surface area contributed by atoms with Crippen LogP contribution in [-0.4, -0.2) is 26.4 Å². The Bertz CT molecular complexity index is 638. The second kappa shape index (κ2) is 6.53. The molecule has 1 atom stereocenters. The number of aryl methyl sites for hydroxylation is 1. The predicted molar refractivity (Wildman–Crippen MR) is 84.2 cm³/mol. The molecule has 0 N–H and O–H groups in total. The Hall–Kier alpha value is -0.810. The first-order chi connectivity index (χ1) is 10.2. The van der Waals surface area contributed by atoms with E-state index >= 15 is 0 Å². The van der Waals surface area contributed by atoms with Crippen LogP contribution in [0, 0.1) is 11.6 Å². The van der Waals surface area contributed by atoms with Gasteiger partial charge in [0.05, 0.1) is 5.52 Å². The Kier molecular flexibility index (Phi) is 4.69. The summed E-state index contributed by atoms with van der Waals surface area (Å²) in [5.74, 6) is 1.16. The molecule has 0 bridgehead atoms. The van der Waals surface area contributed by atoms with E-state index in [1.807, 2.05) is 16.3 Å². The van der Waals surface area contributed by atoms with Gasteiger partial charge < -0.3 is 4.57 Å². The lowest BCUT2D eigenvalue weighted by molar-refractivity contribution is 0.574. The smallest absolute Gasteiger partial charge is 0.153 e. The van der Waals surface area contributed by atoms with Gasteiger partial charge in [-0.3, -0.25) is 0 Å². The molecule has 6 heteroatoms. The number of benzene rings is 1. The van der Waals surface area contributed by atoms with Crippen molar-refractivity contribution >= 4 is 34.4 Å². The van der Waals surface area contributed by atoms with Gasteiger partial charge in [-0.15, -0.1) is 11.6 Å². The maximum absolute atomic E-state index is 13.9. The van der Waals surface area contributed by atoms with E-state index in [0.29, 0.717) is 23.1 Å². The van der Waals surface area contributed by atoms with E-state index in [0.717, 1.165) is 30.6 Å². The molecule has 0 saturated carbocycles. The average molecular weight is 331 g/mol. The lowest BCUT2D eigenvalue weighted by Gasteiger charge is -2.22. The number of alkyl halides is 1. The first kappa shape index (κ1) is 15.1. The number of fused-ring (bicyclic) bond motifs is 1. The molecule has 0 amide bonds. The second-order valence-electron chi connectivity index (χ2n) is 5.32. The third-order valence-electron chi connectivity index (χ3n) is 3.83. The first-order valence-corrected chi connectivity index (χ1v) is 8.79. The van der Waals surface area contributed by atoms with Crippen LogP contribution < -0.4 is 0 Å². The number of aromatic nitrogens is 2. The van der Waals surface area contributed by atoms with Gasteiger partial charge in [-0.1, -0.05) is 6.42 Å². The Labute approximate surface area is 131 Å². The van der Waals surface area contributed by atoms with Crippen LogP contribution in [0.15, 0.2) is 12.1 Å². The van der Waals surface area contributed by atoms with E-state index < -0.39 is 11.6 Å². The van der Waals surface area contributed by atoms with Crippen LogP contribution in [0.25, 0.3) is 11.0 Å². The van der Waals surface area contributed by atoms with Crippen LogP contribution in [0.3, 0.4) is 0 Å². The fourth-order valence-corrected chi connectivity index (χ4v) is 4.29. The molecule has 1 fully saturated rings. The normalized spacial score (nSPS) is 19.3. The molecular weight excluding hydrogens is 314 g/mol. The summed E-state index contributed by atoms with van der Waals surface area (Å²) < 4.78 is 29.4. The first-order valence-electron chi connectivity index (χ1n) is 7.21. The van der Waals surface area contributed by atoms with Crippen molar-refractivity contribution in [2.45, 2.75) is 37.5 Å². The third-order valence-corrected chi connectivity index (χ3v) is 5.40. The van der Waals surface area contributed by atoms with E-state index in [2.05, 4.69) is 4.98 Å². The maximum Gasteiger partial charge on any atom is 0.153 e. The summed E-state index contributed by atoms with van der Waals surface area (Å²) in [6.07, 6.45) is 4.18. The number of nitrogens with zero attached hydrogens (tertiary/aromatic N) is 2. The fourth-order valence-electron chi connectivity index (χ4n) is 2.83. The van der Waals surface area contributed by atoms with Crippen LogP contribution in [0.1, 0.15) is 25.1 Å². The van der Waals surface area contributed by atoms with E-state index in [4.69, 9.17) is 11.6 Å². The van der Waals surface area contributed by atoms with E-state index in [1.165, 1.54) is 18.9 Å². The highest BCUT2D eigenvalue weighted by Gasteiger charge is 2.20. The number of rotatable bonds is 4. The van der Waals surface area contributed by atoms with Crippen molar-refractivity contribution in [3.63, 3.8) is 0 Å². The van der Waals surface area contributed by atoms with Crippen molar-refractivity contribution in [3.05, 3.63) is 29.6 Å². The maximum atomic E-state index is 13.9. The van der Waals surface area contributed by atoms with E-state index in [9.17, 15) is 8.78 Å². The zero-order valence-electron chi connectivity index (χ0n) is 11.6. The molecule has 21 heavy (non-hydrogen) atoms. The zero-order valence-corrected chi connectivity index (χ0v) is 13.2. The van der Waals surface area contributed by atoms with Crippen molar-refractivity contribution in [1.29, 1.82) is 0 Å². The predicted octanol–water partition coefficient (Wildman–Crippen LogP) is 4.38. The summed E-state index contributed by atoms with van der Waals surface area (Å²) in [6.45, 7) is 0.746. The largest absolute Gasteiger partial charge is 0.327 e. The van der Waals surface area contributed by atoms with E-state index in [-0.39, 0.29) is 5.52 Å². The summed E-state index contributed by atoms with van der Waals surface area (Å²) in [4.78, 5) is 4.34. The molecule has 0 aliphatic carbocycles. The highest BCUT2D eigenvalue weighted by atomic mass is 35.5. The van der Waals surface area contributed by atoms with Gasteiger partial charge in [0, 0.05) is 30.2 Å². The van der Waals surface area contributed by atoms with Gasteiger partial charge >= 0.3 is 0 Å². The highest BCUT2D eigenvalue weighted by Crippen LogP contribution is 2.29. The Balaban J connectivity index is 2.02. The molecule has 1 aromatic heterocycles. The highest BCUT2D eigenvalue weighted by molar-refractivity contribution is 7.99. The quantitative estimate of drug-likeness (QED) is 0.774. The second-order valence-corrected chi connectivity index (χ2v) is 7.11. The van der Waals surface area contributed by atoms with Crippen molar-refractivity contribution in [2.24, 2.45) is 0 Å². The molecule has 114 valence electrons. The SMILES string of the molecule is Fc1cc(F)c2nc(CCCl)n(CC3CCCCS3)c2c1. The van der Waals surface area contributed by atoms with E-state index in [1.54, 1.807) is 0 Å². The number of hydrogen-bond donors (Lipinski definition) is 0. The fraction of sp³-hybridized carbons (Fsp3) is 0.533. The van der Waals surface area contributed by atoms with Gasteiger partial charge in [0.15, 0.2) is 5.82 Å². The molecule has 1 saturated heterocycles. The number of imidazole rings is 1. The summed E-state index contributed by atoms with van der Waals surface area (Å²) >= 11 is 7.76. The molecule has 1 aliphatic rings. The Morgan fingerprint density at radius 2 is 2.19 bits per heavy atom. The Morgan fingerprint density at radius 3 is 2.90 bits per heavy atom. The van der Waals surface area contributed by atoms with Crippen molar-refractivity contribution < 1.29 is 8.78 Å². The molecular formula is C15H17ClF2N2S. The van der Waals surface area contributed by atoms with Crippen LogP contribution in [0.5, 0.6) is 0 Å². The minimum Gasteiger partial charge on any atom is -0.327 e. The lowest BCUT2D eigenvalue weighted by atomic mass is 10.2. The van der Waals surface area contributed by atoms with Gasteiger partial charge in [-0.2, -0.15) is 11.8 Å². The molecule has 2 heterocycles. The van der Waals surface area contributed by atoms with Gasteiger partial charge in [-0.25, -0.2) is 13.8 Å². The van der Waals surface area contributed by atoms with Crippen molar-refractivity contribution in [3.8, 4) is 0 Å². The molecule has 3 rings (SSSR count). The standard InChI is InChI=1S/C15H17ClF2N2S/c16-5-4-14-19-15-12(18)7-10(17)8-13(15)20(14)9-11-3-1-2-6-21-11/h7-8,11H,1-6,9H2. The number of thioether (sulfide) groups is 1. The van der Waals surface area contributed by atoms with Crippen LogP contribution in [0.2, 0.25) is 0 Å². The molecule has 1 unspecified atom stereocenters. The Morgan fingerprint density at radius 1 is 1.33 bits per heavy atom. The van der Waals surface area contributed by atoms with Gasteiger partial charge in [-0.05, 0) is 24.7 Å². The van der Waals surface area contributed by atoms with Gasteiger partial charge in [0.1, 0.15) is 17.2 Å². The van der Waals surface area contributed by atoms with Gasteiger partial charge in [0.2, 0.25) is 0 Å². The molecule has 0 spiro atoms. The minimum atomic E-state index is -0.601. The minimum absolute atomic E-state index is 0.248. The van der Waals surface area contributed by atoms with Crippen molar-refractivity contribution in [1.82, 2.24) is 9.55 Å². The molecule has 0 radical (unpaired) electrons. The third kappa shape index (κ3) is 3.19. The topological polar surface area (TPSA) is 17.8 Å². The number of halogens is 3. The summed E-state index contributed by atoms with van der Waals surface area (Å²) in [7, 11) is 0. The molecule has 2 aromatic rings. The number of hydrogen-bond acceptors (Lipinski definition) is 2. The van der Waals surface area contributed by atoms with Crippen LogP contribution in [0.4, 0.5) is 8.78 Å². The lowest BCUT2D eigenvalue weighted by Crippen LogP contribution is -2.18. The summed E-state index contributed by atoms with van der Waals surface area (Å²) in [5.41, 5.74) is 0.788. The van der Waals surface area contributed by atoms with Crippen LogP contribution >= 0.6 is 23.4 Å². The summed E-state index contributed by atoms with van der Waals surface area (Å²) in [5, 5.41) is 0.483. The molecule has 1 aromatic carbocycles. The molecule has 2 nitrogen and oxygen atoms in total. The van der Waals surface area contributed by atoms with Gasteiger partial charge in [0.25, 0.3) is 0 Å².